The van der Waals surface area contributed by atoms with Crippen LogP contribution in [0.15, 0.2) is 11.9 Å². The van der Waals surface area contributed by atoms with Gasteiger partial charge in [0.15, 0.2) is 5.83 Å². The fraction of sp³-hybridized carbons (Fsp3) is 0.750. The second-order valence-corrected chi connectivity index (χ2v) is 3.43. The molecule has 0 aromatic rings. The Kier molecular flexibility index (Phi) is 2.46. The average Bonchev–Trinajstić information content (AvgIpc) is 2.03. The van der Waals surface area contributed by atoms with E-state index >= 15 is 0 Å². The first kappa shape index (κ1) is 9.58. The quantitative estimate of drug-likeness (QED) is 0.656. The Labute approximate surface area is 69.4 Å². The molecular weight excluding hydrogens is 167 g/mol. The largest absolute Gasteiger partial charge is 0.327 e. The lowest BCUT2D eigenvalue weighted by Crippen LogP contribution is -2.54. The van der Waals surface area contributed by atoms with E-state index in [1.807, 2.05) is 6.92 Å². The highest BCUT2D eigenvalue weighted by Gasteiger charge is 2.46. The van der Waals surface area contributed by atoms with E-state index in [1.54, 1.807) is 6.92 Å². The highest BCUT2D eigenvalue weighted by Crippen LogP contribution is 2.44. The predicted molar refractivity (Wildman–Crippen MR) is 40.1 cm³/mol. The maximum Gasteiger partial charge on any atom is 0.301 e. The first-order valence-corrected chi connectivity index (χ1v) is 3.93. The zero-order valence-electron chi connectivity index (χ0n) is 7.02. The van der Waals surface area contributed by atoms with Crippen molar-refractivity contribution in [1.29, 1.82) is 0 Å². The van der Waals surface area contributed by atoms with Gasteiger partial charge in [0.05, 0.1) is 0 Å². The molecule has 4 unspecified atom stereocenters. The van der Waals surface area contributed by atoms with Crippen LogP contribution in [-0.2, 0) is 0 Å². The molecule has 1 aliphatic carbocycles. The van der Waals surface area contributed by atoms with Crippen LogP contribution >= 0.6 is 0 Å². The van der Waals surface area contributed by atoms with Crippen molar-refractivity contribution in [2.24, 2.45) is 23.5 Å². The Hall–Kier alpha value is -0.510. The van der Waals surface area contributed by atoms with Gasteiger partial charge in [-0.25, -0.2) is 4.39 Å². The molecule has 70 valence electrons. The lowest BCUT2D eigenvalue weighted by Gasteiger charge is -2.46. The van der Waals surface area contributed by atoms with Gasteiger partial charge in [-0.3, -0.25) is 0 Å². The van der Waals surface area contributed by atoms with Crippen molar-refractivity contribution in [3.8, 4) is 0 Å². The first-order chi connectivity index (χ1) is 5.46. The SMILES string of the molecule is CC1C(C)C(C(F)=C(F)F)C1N. The molecule has 0 heterocycles. The standard InChI is InChI=1S/C8H12F3N/c1-3-4(2)7(12)5(3)6(9)8(10)11/h3-5,7H,12H2,1-2H3. The predicted octanol–water partition coefficient (Wildman–Crippen LogP) is 2.29. The van der Waals surface area contributed by atoms with Crippen LogP contribution < -0.4 is 5.73 Å². The van der Waals surface area contributed by atoms with Crippen molar-refractivity contribution in [3.05, 3.63) is 11.9 Å². The minimum Gasteiger partial charge on any atom is -0.327 e. The van der Waals surface area contributed by atoms with Gasteiger partial charge < -0.3 is 5.73 Å². The molecule has 0 aromatic carbocycles. The summed E-state index contributed by atoms with van der Waals surface area (Å²) in [6, 6.07) is -0.457. The van der Waals surface area contributed by atoms with Gasteiger partial charge in [0.1, 0.15) is 0 Å². The summed E-state index contributed by atoms with van der Waals surface area (Å²) in [5.41, 5.74) is 5.49. The van der Waals surface area contributed by atoms with Gasteiger partial charge in [0, 0.05) is 12.0 Å². The molecule has 1 saturated carbocycles. The van der Waals surface area contributed by atoms with Crippen LogP contribution in [0.25, 0.3) is 0 Å². The third kappa shape index (κ3) is 1.24. The second kappa shape index (κ2) is 3.09. The molecule has 4 heteroatoms. The van der Waals surface area contributed by atoms with E-state index < -0.39 is 23.9 Å². The van der Waals surface area contributed by atoms with E-state index in [4.69, 9.17) is 5.73 Å². The first-order valence-electron chi connectivity index (χ1n) is 3.93. The fourth-order valence-corrected chi connectivity index (χ4v) is 1.74. The Morgan fingerprint density at radius 3 is 1.92 bits per heavy atom. The van der Waals surface area contributed by atoms with Gasteiger partial charge in [0.2, 0.25) is 0 Å². The van der Waals surface area contributed by atoms with E-state index in [0.717, 1.165) is 0 Å². The Morgan fingerprint density at radius 1 is 1.08 bits per heavy atom. The van der Waals surface area contributed by atoms with Gasteiger partial charge in [0.25, 0.3) is 0 Å². The fourth-order valence-electron chi connectivity index (χ4n) is 1.74. The lowest BCUT2D eigenvalue weighted by molar-refractivity contribution is 0.0685. The summed E-state index contributed by atoms with van der Waals surface area (Å²) >= 11 is 0. The molecule has 12 heavy (non-hydrogen) atoms. The topological polar surface area (TPSA) is 26.0 Å². The molecule has 2 N–H and O–H groups in total. The molecule has 0 aliphatic heterocycles. The van der Waals surface area contributed by atoms with Crippen LogP contribution in [0.2, 0.25) is 0 Å². The molecule has 1 fully saturated rings. The molecule has 0 bridgehead atoms. The summed E-state index contributed by atoms with van der Waals surface area (Å²) in [5, 5.41) is 0. The van der Waals surface area contributed by atoms with Crippen molar-refractivity contribution < 1.29 is 13.2 Å². The van der Waals surface area contributed by atoms with Crippen molar-refractivity contribution in [3.63, 3.8) is 0 Å². The van der Waals surface area contributed by atoms with E-state index in [1.165, 1.54) is 0 Å². The van der Waals surface area contributed by atoms with Gasteiger partial charge in [-0.2, -0.15) is 8.78 Å². The van der Waals surface area contributed by atoms with Gasteiger partial charge >= 0.3 is 6.08 Å². The number of hydrogen-bond acceptors (Lipinski definition) is 1. The summed E-state index contributed by atoms with van der Waals surface area (Å²) in [6.45, 7) is 3.58. The molecule has 4 atom stereocenters. The van der Waals surface area contributed by atoms with Crippen LogP contribution in [0.4, 0.5) is 13.2 Å². The van der Waals surface area contributed by atoms with Crippen LogP contribution in [0.3, 0.4) is 0 Å². The smallest absolute Gasteiger partial charge is 0.301 e. The lowest BCUT2D eigenvalue weighted by atomic mass is 9.62. The van der Waals surface area contributed by atoms with Crippen LogP contribution in [-0.4, -0.2) is 6.04 Å². The number of rotatable bonds is 1. The van der Waals surface area contributed by atoms with Gasteiger partial charge in [-0.05, 0) is 11.8 Å². The monoisotopic (exact) mass is 179 g/mol. The summed E-state index contributed by atoms with van der Waals surface area (Å²) in [5.74, 6) is -2.06. The molecular formula is C8H12F3N. The summed E-state index contributed by atoms with van der Waals surface area (Å²) in [4.78, 5) is 0. The minimum absolute atomic E-state index is 0.0819. The maximum absolute atomic E-state index is 12.7. The van der Waals surface area contributed by atoms with Crippen molar-refractivity contribution >= 4 is 0 Å². The van der Waals surface area contributed by atoms with E-state index in [9.17, 15) is 13.2 Å². The third-order valence-corrected chi connectivity index (χ3v) is 2.89. The third-order valence-electron chi connectivity index (χ3n) is 2.89. The highest BCUT2D eigenvalue weighted by atomic mass is 19.3. The van der Waals surface area contributed by atoms with Gasteiger partial charge in [-0.1, -0.05) is 13.8 Å². The molecule has 1 nitrogen and oxygen atoms in total. The molecule has 0 spiro atoms. The number of halogens is 3. The summed E-state index contributed by atoms with van der Waals surface area (Å²) in [7, 11) is 0. The zero-order valence-corrected chi connectivity index (χ0v) is 7.02. The molecule has 0 radical (unpaired) electrons. The van der Waals surface area contributed by atoms with Gasteiger partial charge in [-0.15, -0.1) is 0 Å². The second-order valence-electron chi connectivity index (χ2n) is 3.43. The van der Waals surface area contributed by atoms with E-state index in [2.05, 4.69) is 0 Å². The maximum atomic E-state index is 12.7. The van der Waals surface area contributed by atoms with Crippen molar-refractivity contribution in [2.45, 2.75) is 19.9 Å². The molecule has 1 aliphatic rings. The average molecular weight is 179 g/mol. The Balaban J connectivity index is 2.73. The number of hydrogen-bond donors (Lipinski definition) is 1. The zero-order chi connectivity index (χ0) is 9.46. The van der Waals surface area contributed by atoms with Crippen LogP contribution in [0, 0.1) is 17.8 Å². The molecule has 1 rings (SSSR count). The molecule has 0 saturated heterocycles. The van der Waals surface area contributed by atoms with E-state index in [0.29, 0.717) is 0 Å². The minimum atomic E-state index is -2.23. The Morgan fingerprint density at radius 2 is 1.58 bits per heavy atom. The number of nitrogens with two attached hydrogens (primary N) is 1. The molecule has 0 amide bonds. The summed E-state index contributed by atoms with van der Waals surface area (Å²) in [6.07, 6.45) is -2.23. The molecule has 0 aromatic heterocycles. The summed E-state index contributed by atoms with van der Waals surface area (Å²) < 4.78 is 36.3. The van der Waals surface area contributed by atoms with Crippen LogP contribution in [0.1, 0.15) is 13.8 Å². The highest BCUT2D eigenvalue weighted by molar-refractivity contribution is 5.12. The van der Waals surface area contributed by atoms with Crippen molar-refractivity contribution in [2.75, 3.05) is 0 Å². The Bertz CT molecular complexity index is 200. The normalized spacial score (nSPS) is 40.5. The van der Waals surface area contributed by atoms with E-state index in [-0.39, 0.29) is 11.8 Å². The van der Waals surface area contributed by atoms with Crippen LogP contribution in [0.5, 0.6) is 0 Å². The van der Waals surface area contributed by atoms with Crippen molar-refractivity contribution in [1.82, 2.24) is 0 Å².